The molecule has 8 nitrogen and oxygen atoms in total. The maximum atomic E-state index is 13.0. The maximum Gasteiger partial charge on any atom is 0.403 e. The molecule has 1 fully saturated rings. The van der Waals surface area contributed by atoms with Crippen molar-refractivity contribution in [2.45, 2.75) is 69.7 Å². The highest BCUT2D eigenvalue weighted by Crippen LogP contribution is 2.43. The van der Waals surface area contributed by atoms with E-state index >= 15 is 0 Å². The number of carbonyl (C=O) groups excluding carboxylic acids is 1. The standard InChI is InChI=1S/C24H32F3N5O3S2/c1-4-37(34,35)17-7-6-16(28-11-17)9-20(33)30-23-31-21-18(36-23)13-32(22(21)14(2)3)12-15-5-8-19(29-10-15)24(25,26)27/h6-7,11,14-15,19,22,29H,4-5,8-10,12-13H2,1-3H3,(H,30,31,33)/t15-,19-,22+/m1/s1. The predicted octanol–water partition coefficient (Wildman–Crippen LogP) is 3.96. The van der Waals surface area contributed by atoms with Crippen LogP contribution in [0.15, 0.2) is 23.2 Å². The van der Waals surface area contributed by atoms with E-state index < -0.39 is 22.1 Å². The normalized spacial score (nSPS) is 22.8. The van der Waals surface area contributed by atoms with Crippen LogP contribution in [0.25, 0.3) is 0 Å². The van der Waals surface area contributed by atoms with E-state index in [2.05, 4.69) is 34.4 Å². The fourth-order valence-electron chi connectivity index (χ4n) is 5.01. The zero-order valence-electron chi connectivity index (χ0n) is 21.0. The van der Waals surface area contributed by atoms with Gasteiger partial charge in [0.1, 0.15) is 6.04 Å². The van der Waals surface area contributed by atoms with Crippen LogP contribution < -0.4 is 10.6 Å². The Bertz CT molecular complexity index is 1210. The minimum Gasteiger partial charge on any atom is -0.306 e. The summed E-state index contributed by atoms with van der Waals surface area (Å²) in [6, 6.07) is 1.61. The van der Waals surface area contributed by atoms with E-state index in [4.69, 9.17) is 4.98 Å². The number of amides is 1. The van der Waals surface area contributed by atoms with Gasteiger partial charge in [0.25, 0.3) is 0 Å². The van der Waals surface area contributed by atoms with E-state index in [0.717, 1.165) is 10.6 Å². The Morgan fingerprint density at radius 1 is 1.30 bits per heavy atom. The molecule has 2 aromatic rings. The van der Waals surface area contributed by atoms with Crippen LogP contribution in [0.4, 0.5) is 18.3 Å². The van der Waals surface area contributed by atoms with Crippen molar-refractivity contribution in [3.8, 4) is 0 Å². The van der Waals surface area contributed by atoms with Gasteiger partial charge in [-0.1, -0.05) is 20.8 Å². The molecule has 3 atom stereocenters. The lowest BCUT2D eigenvalue weighted by Crippen LogP contribution is -2.49. The topological polar surface area (TPSA) is 104 Å². The van der Waals surface area contributed by atoms with Gasteiger partial charge < -0.3 is 10.6 Å². The van der Waals surface area contributed by atoms with Gasteiger partial charge in [-0.25, -0.2) is 13.4 Å². The highest BCUT2D eigenvalue weighted by Gasteiger charge is 2.43. The molecule has 2 aliphatic heterocycles. The second-order valence-electron chi connectivity index (χ2n) is 10.0. The van der Waals surface area contributed by atoms with Gasteiger partial charge in [-0.3, -0.25) is 14.7 Å². The number of alkyl halides is 3. The summed E-state index contributed by atoms with van der Waals surface area (Å²) in [5.41, 5.74) is 1.37. The fraction of sp³-hybridized carbons (Fsp3) is 0.625. The summed E-state index contributed by atoms with van der Waals surface area (Å²) < 4.78 is 62.8. The van der Waals surface area contributed by atoms with Crippen molar-refractivity contribution >= 4 is 32.2 Å². The lowest BCUT2D eigenvalue weighted by Gasteiger charge is -2.35. The number of piperidine rings is 1. The van der Waals surface area contributed by atoms with E-state index in [9.17, 15) is 26.4 Å². The van der Waals surface area contributed by atoms with E-state index in [1.165, 1.54) is 29.7 Å². The average Bonchev–Trinajstić information content (AvgIpc) is 3.35. The van der Waals surface area contributed by atoms with Gasteiger partial charge in [0.15, 0.2) is 15.0 Å². The van der Waals surface area contributed by atoms with Crippen LogP contribution >= 0.6 is 11.3 Å². The third-order valence-corrected chi connectivity index (χ3v) is 9.60. The first-order valence-corrected chi connectivity index (χ1v) is 14.9. The first-order valence-electron chi connectivity index (χ1n) is 12.4. The summed E-state index contributed by atoms with van der Waals surface area (Å²) in [7, 11) is -3.35. The van der Waals surface area contributed by atoms with Crippen LogP contribution in [-0.2, 0) is 27.6 Å². The number of hydrogen-bond acceptors (Lipinski definition) is 8. The number of nitrogens with one attached hydrogen (secondary N) is 2. The smallest absolute Gasteiger partial charge is 0.306 e. The molecule has 0 unspecified atom stereocenters. The molecule has 204 valence electrons. The van der Waals surface area contributed by atoms with Crippen LogP contribution in [0.5, 0.6) is 0 Å². The van der Waals surface area contributed by atoms with E-state index in [1.54, 1.807) is 6.92 Å². The lowest BCUT2D eigenvalue weighted by atomic mass is 9.93. The molecule has 1 saturated heterocycles. The summed E-state index contributed by atoms with van der Waals surface area (Å²) in [6.45, 7) is 7.44. The Kier molecular flexibility index (Phi) is 8.27. The summed E-state index contributed by atoms with van der Waals surface area (Å²) >= 11 is 1.41. The molecular weight excluding hydrogens is 527 g/mol. The molecule has 0 saturated carbocycles. The number of aromatic nitrogens is 2. The van der Waals surface area contributed by atoms with Crippen molar-refractivity contribution in [1.82, 2.24) is 20.2 Å². The second-order valence-corrected chi connectivity index (χ2v) is 13.4. The van der Waals surface area contributed by atoms with Crippen LogP contribution in [0.1, 0.15) is 55.9 Å². The fourth-order valence-corrected chi connectivity index (χ4v) is 6.87. The number of thiazole rings is 1. The van der Waals surface area contributed by atoms with Gasteiger partial charge >= 0.3 is 6.18 Å². The number of carbonyl (C=O) groups is 1. The molecule has 13 heteroatoms. The minimum atomic E-state index is -4.21. The van der Waals surface area contributed by atoms with Crippen molar-refractivity contribution in [1.29, 1.82) is 0 Å². The zero-order chi connectivity index (χ0) is 27.0. The molecule has 2 N–H and O–H groups in total. The van der Waals surface area contributed by atoms with Crippen LogP contribution in [0.2, 0.25) is 0 Å². The predicted molar refractivity (Wildman–Crippen MR) is 135 cm³/mol. The Hall–Kier alpha value is -2.09. The molecular formula is C24H32F3N5O3S2. The number of halogens is 3. The maximum absolute atomic E-state index is 13.0. The van der Waals surface area contributed by atoms with E-state index in [-0.39, 0.29) is 47.3 Å². The lowest BCUT2D eigenvalue weighted by molar-refractivity contribution is -0.162. The number of fused-ring (bicyclic) bond motifs is 1. The number of rotatable bonds is 8. The number of anilines is 1. The van der Waals surface area contributed by atoms with Gasteiger partial charge in [-0.2, -0.15) is 13.2 Å². The van der Waals surface area contributed by atoms with Gasteiger partial charge in [0, 0.05) is 29.9 Å². The average molecular weight is 560 g/mol. The Labute approximate surface area is 219 Å². The monoisotopic (exact) mass is 559 g/mol. The third-order valence-electron chi connectivity index (χ3n) is 6.91. The summed E-state index contributed by atoms with van der Waals surface area (Å²) in [5, 5.41) is 5.98. The first kappa shape index (κ1) is 27.9. The highest BCUT2D eigenvalue weighted by atomic mass is 32.2. The van der Waals surface area contributed by atoms with Crippen molar-refractivity contribution in [3.05, 3.63) is 34.6 Å². The molecule has 0 spiro atoms. The summed E-state index contributed by atoms with van der Waals surface area (Å²) in [5.74, 6) is 0.0675. The van der Waals surface area contributed by atoms with Gasteiger partial charge in [0.2, 0.25) is 5.91 Å². The molecule has 2 aromatic heterocycles. The molecule has 1 amide bonds. The van der Waals surface area contributed by atoms with Crippen LogP contribution in [-0.4, -0.2) is 60.3 Å². The molecule has 37 heavy (non-hydrogen) atoms. The molecule has 0 radical (unpaired) electrons. The summed E-state index contributed by atoms with van der Waals surface area (Å²) in [4.78, 5) is 24.9. The SMILES string of the molecule is CCS(=O)(=O)c1ccc(CC(=O)Nc2nc3c(s2)CN(C[C@@H]2CC[C@H](C(F)(F)F)NC2)[C@H]3C(C)C)nc1. The molecule has 4 heterocycles. The van der Waals surface area contributed by atoms with Crippen LogP contribution in [0, 0.1) is 11.8 Å². The van der Waals surface area contributed by atoms with E-state index in [1.807, 2.05) is 0 Å². The highest BCUT2D eigenvalue weighted by molar-refractivity contribution is 7.91. The summed E-state index contributed by atoms with van der Waals surface area (Å²) in [6.07, 6.45) is -2.32. The van der Waals surface area contributed by atoms with Gasteiger partial charge in [-0.05, 0) is 43.4 Å². The van der Waals surface area contributed by atoms with Crippen molar-refractivity contribution in [2.24, 2.45) is 11.8 Å². The van der Waals surface area contributed by atoms with Crippen molar-refractivity contribution < 1.29 is 26.4 Å². The first-order chi connectivity index (χ1) is 17.4. The van der Waals surface area contributed by atoms with Gasteiger partial charge in [-0.15, -0.1) is 11.3 Å². The quantitative estimate of drug-likeness (QED) is 0.505. The van der Waals surface area contributed by atoms with Crippen molar-refractivity contribution in [2.75, 3.05) is 24.2 Å². The molecule has 0 bridgehead atoms. The number of pyridine rings is 1. The minimum absolute atomic E-state index is 0.00989. The zero-order valence-corrected chi connectivity index (χ0v) is 22.6. The Morgan fingerprint density at radius 2 is 2.05 bits per heavy atom. The van der Waals surface area contributed by atoms with E-state index in [0.29, 0.717) is 36.9 Å². The number of nitrogens with zero attached hydrogens (tertiary/aromatic N) is 3. The molecule has 0 aliphatic carbocycles. The number of hydrogen-bond donors (Lipinski definition) is 2. The largest absolute Gasteiger partial charge is 0.403 e. The van der Waals surface area contributed by atoms with Crippen LogP contribution in [0.3, 0.4) is 0 Å². The number of sulfone groups is 1. The second kappa shape index (κ2) is 11.0. The van der Waals surface area contributed by atoms with Gasteiger partial charge in [0.05, 0.1) is 28.8 Å². The molecule has 4 rings (SSSR count). The molecule has 2 aliphatic rings. The Morgan fingerprint density at radius 3 is 2.62 bits per heavy atom. The third kappa shape index (κ3) is 6.50. The van der Waals surface area contributed by atoms with Crippen molar-refractivity contribution in [3.63, 3.8) is 0 Å². The molecule has 0 aromatic carbocycles. The Balaban J connectivity index is 1.35.